The van der Waals surface area contributed by atoms with Crippen LogP contribution in [0.25, 0.3) is 11.0 Å². The van der Waals surface area contributed by atoms with E-state index in [0.29, 0.717) is 18.7 Å². The van der Waals surface area contributed by atoms with Gasteiger partial charge in [-0.25, -0.2) is 9.07 Å². The smallest absolute Gasteiger partial charge is 0.134 e. The highest BCUT2D eigenvalue weighted by molar-refractivity contribution is 5.77. The van der Waals surface area contributed by atoms with Crippen molar-refractivity contribution in [1.82, 2.24) is 9.78 Å². The molecule has 0 bridgehead atoms. The second-order valence-corrected chi connectivity index (χ2v) is 5.25. The van der Waals surface area contributed by atoms with Crippen LogP contribution in [0.4, 0.5) is 10.2 Å². The summed E-state index contributed by atoms with van der Waals surface area (Å²) in [4.78, 5) is 0. The molecule has 2 N–H and O–H groups in total. The van der Waals surface area contributed by atoms with Crippen molar-refractivity contribution in [2.45, 2.75) is 26.9 Å². The Labute approximate surface area is 127 Å². The average molecular weight is 303 g/mol. The fraction of sp³-hybridized carbons (Fsp3) is 0.312. The first kappa shape index (κ1) is 14.6. The van der Waals surface area contributed by atoms with Gasteiger partial charge in [-0.3, -0.25) is 0 Å². The van der Waals surface area contributed by atoms with Crippen LogP contribution in [0.2, 0.25) is 0 Å². The summed E-state index contributed by atoms with van der Waals surface area (Å²) in [6, 6.07) is 6.28. The predicted molar refractivity (Wildman–Crippen MR) is 82.3 cm³/mol. The van der Waals surface area contributed by atoms with Gasteiger partial charge in [0, 0.05) is 10.9 Å². The molecular weight excluding hydrogens is 285 g/mol. The van der Waals surface area contributed by atoms with Gasteiger partial charge in [-0.2, -0.15) is 5.10 Å². The highest BCUT2D eigenvalue weighted by atomic mass is 19.1. The zero-order valence-electron chi connectivity index (χ0n) is 12.6. The summed E-state index contributed by atoms with van der Waals surface area (Å²) in [5, 5.41) is 17.5. The molecule has 0 aliphatic carbocycles. The van der Waals surface area contributed by atoms with Crippen molar-refractivity contribution >= 4 is 16.8 Å². The Morgan fingerprint density at radius 2 is 2.14 bits per heavy atom. The molecule has 0 saturated carbocycles. The van der Waals surface area contributed by atoms with Gasteiger partial charge in [-0.05, 0) is 38.1 Å². The fourth-order valence-electron chi connectivity index (χ4n) is 2.48. The van der Waals surface area contributed by atoms with Crippen LogP contribution in [0, 0.1) is 19.7 Å². The fourth-order valence-corrected chi connectivity index (χ4v) is 2.48. The molecule has 0 amide bonds. The Hall–Kier alpha value is -2.34. The van der Waals surface area contributed by atoms with E-state index in [0.717, 1.165) is 28.2 Å². The number of anilines is 1. The maximum Gasteiger partial charge on any atom is 0.134 e. The van der Waals surface area contributed by atoms with Crippen molar-refractivity contribution < 1.29 is 13.9 Å². The minimum Gasteiger partial charge on any atom is -0.459 e. The Morgan fingerprint density at radius 3 is 2.91 bits per heavy atom. The van der Waals surface area contributed by atoms with E-state index in [1.165, 1.54) is 12.1 Å². The van der Waals surface area contributed by atoms with Crippen molar-refractivity contribution in [2.75, 3.05) is 11.9 Å². The van der Waals surface area contributed by atoms with Gasteiger partial charge in [0.1, 0.15) is 23.0 Å². The van der Waals surface area contributed by atoms with Crippen molar-refractivity contribution in [3.05, 3.63) is 47.1 Å². The maximum absolute atomic E-state index is 13.2. The quantitative estimate of drug-likeness (QED) is 0.760. The Kier molecular flexibility index (Phi) is 3.85. The van der Waals surface area contributed by atoms with Gasteiger partial charge in [0.2, 0.25) is 0 Å². The maximum atomic E-state index is 13.2. The molecule has 3 aromatic rings. The van der Waals surface area contributed by atoms with Gasteiger partial charge < -0.3 is 14.8 Å². The lowest BCUT2D eigenvalue weighted by molar-refractivity contribution is 0.270. The van der Waals surface area contributed by atoms with Crippen LogP contribution in [-0.4, -0.2) is 21.5 Å². The molecule has 5 nitrogen and oxygen atoms in total. The zero-order valence-corrected chi connectivity index (χ0v) is 12.6. The molecule has 1 aromatic carbocycles. The van der Waals surface area contributed by atoms with E-state index in [2.05, 4.69) is 10.4 Å². The molecule has 2 aromatic heterocycles. The van der Waals surface area contributed by atoms with Crippen molar-refractivity contribution in [1.29, 1.82) is 0 Å². The second-order valence-electron chi connectivity index (χ2n) is 5.25. The number of nitrogens with zero attached hydrogens (tertiary/aromatic N) is 2. The molecule has 0 radical (unpaired) electrons. The zero-order chi connectivity index (χ0) is 15.7. The minimum atomic E-state index is -0.277. The third kappa shape index (κ3) is 2.69. The predicted octanol–water partition coefficient (Wildman–Crippen LogP) is 2.99. The number of hydrogen-bond acceptors (Lipinski definition) is 4. The molecule has 0 aliphatic rings. The lowest BCUT2D eigenvalue weighted by atomic mass is 10.2. The number of rotatable bonds is 5. The first-order valence-corrected chi connectivity index (χ1v) is 7.15. The van der Waals surface area contributed by atoms with Gasteiger partial charge in [-0.1, -0.05) is 0 Å². The number of aromatic nitrogens is 2. The highest BCUT2D eigenvalue weighted by Crippen LogP contribution is 2.23. The normalized spacial score (nSPS) is 11.3. The topological polar surface area (TPSA) is 63.2 Å². The third-order valence-electron chi connectivity index (χ3n) is 3.70. The summed E-state index contributed by atoms with van der Waals surface area (Å²) in [5.41, 5.74) is 2.62. The van der Waals surface area contributed by atoms with Crippen LogP contribution >= 0.6 is 0 Å². The van der Waals surface area contributed by atoms with E-state index >= 15 is 0 Å². The van der Waals surface area contributed by atoms with E-state index in [-0.39, 0.29) is 12.4 Å². The summed E-state index contributed by atoms with van der Waals surface area (Å²) in [6.45, 7) is 4.83. The van der Waals surface area contributed by atoms with Crippen LogP contribution in [0.5, 0.6) is 0 Å². The summed E-state index contributed by atoms with van der Waals surface area (Å²) >= 11 is 0. The van der Waals surface area contributed by atoms with Crippen molar-refractivity contribution in [2.24, 2.45) is 0 Å². The standard InChI is InChI=1S/C16H18FN3O2/c1-10-11(2)19-20(5-6-21)16(10)18-9-14-8-12-7-13(17)3-4-15(12)22-14/h3-4,7-8,18,21H,5-6,9H2,1-2H3. The number of nitrogens with one attached hydrogen (secondary N) is 1. The molecule has 116 valence electrons. The molecule has 0 fully saturated rings. The molecule has 0 spiro atoms. The van der Waals surface area contributed by atoms with E-state index < -0.39 is 0 Å². The molecule has 0 saturated heterocycles. The summed E-state index contributed by atoms with van der Waals surface area (Å²) in [5.74, 6) is 1.30. The van der Waals surface area contributed by atoms with Crippen LogP contribution < -0.4 is 5.32 Å². The van der Waals surface area contributed by atoms with E-state index in [4.69, 9.17) is 9.52 Å². The second kappa shape index (κ2) is 5.81. The molecule has 0 unspecified atom stereocenters. The Balaban J connectivity index is 1.81. The number of hydrogen-bond donors (Lipinski definition) is 2. The summed E-state index contributed by atoms with van der Waals surface area (Å²) in [6.07, 6.45) is 0. The molecule has 3 rings (SSSR count). The summed E-state index contributed by atoms with van der Waals surface area (Å²) in [7, 11) is 0. The molecule has 6 heteroatoms. The Bertz CT molecular complexity index is 807. The highest BCUT2D eigenvalue weighted by Gasteiger charge is 2.12. The first-order chi connectivity index (χ1) is 10.6. The number of aliphatic hydroxyl groups is 1. The van der Waals surface area contributed by atoms with E-state index in [1.54, 1.807) is 10.7 Å². The van der Waals surface area contributed by atoms with Crippen LogP contribution in [-0.2, 0) is 13.1 Å². The number of halogens is 1. The lowest BCUT2D eigenvalue weighted by Gasteiger charge is -2.08. The van der Waals surface area contributed by atoms with Gasteiger partial charge in [0.05, 0.1) is 25.4 Å². The minimum absolute atomic E-state index is 0.0269. The lowest BCUT2D eigenvalue weighted by Crippen LogP contribution is -2.10. The van der Waals surface area contributed by atoms with E-state index in [9.17, 15) is 4.39 Å². The number of furan rings is 1. The molecule has 0 aliphatic heterocycles. The van der Waals surface area contributed by atoms with Crippen molar-refractivity contribution in [3.63, 3.8) is 0 Å². The molecule has 0 atom stereocenters. The molecular formula is C16H18FN3O2. The number of aliphatic hydroxyl groups excluding tert-OH is 1. The molecule has 2 heterocycles. The van der Waals surface area contributed by atoms with Crippen LogP contribution in [0.15, 0.2) is 28.7 Å². The van der Waals surface area contributed by atoms with Gasteiger partial charge >= 0.3 is 0 Å². The van der Waals surface area contributed by atoms with Gasteiger partial charge in [0.15, 0.2) is 0 Å². The monoisotopic (exact) mass is 303 g/mol. The van der Waals surface area contributed by atoms with Gasteiger partial charge in [0.25, 0.3) is 0 Å². The van der Waals surface area contributed by atoms with Crippen LogP contribution in [0.1, 0.15) is 17.0 Å². The number of benzene rings is 1. The molecule has 22 heavy (non-hydrogen) atoms. The summed E-state index contributed by atoms with van der Waals surface area (Å²) < 4.78 is 20.6. The third-order valence-corrected chi connectivity index (χ3v) is 3.70. The average Bonchev–Trinajstić information content (AvgIpc) is 2.99. The van der Waals surface area contributed by atoms with Gasteiger partial charge in [-0.15, -0.1) is 0 Å². The van der Waals surface area contributed by atoms with Crippen LogP contribution in [0.3, 0.4) is 0 Å². The SMILES string of the molecule is Cc1nn(CCO)c(NCc2cc3cc(F)ccc3o2)c1C. The number of fused-ring (bicyclic) bond motifs is 1. The largest absolute Gasteiger partial charge is 0.459 e. The van der Waals surface area contributed by atoms with E-state index in [1.807, 2.05) is 19.9 Å². The number of aryl methyl sites for hydroxylation is 1. The van der Waals surface area contributed by atoms with Crippen molar-refractivity contribution in [3.8, 4) is 0 Å². The Morgan fingerprint density at radius 1 is 1.32 bits per heavy atom. The first-order valence-electron chi connectivity index (χ1n) is 7.15.